The van der Waals surface area contributed by atoms with Crippen molar-refractivity contribution >= 4 is 103 Å². The third-order valence-corrected chi connectivity index (χ3v) is 8.33. The molecule has 0 saturated carbocycles. The Morgan fingerprint density at radius 3 is 1.19 bits per heavy atom. The van der Waals surface area contributed by atoms with Gasteiger partial charge in [0.25, 0.3) is 0 Å². The van der Waals surface area contributed by atoms with Crippen molar-refractivity contribution in [2.24, 2.45) is 0 Å². The summed E-state index contributed by atoms with van der Waals surface area (Å²) in [6, 6.07) is 29.1. The van der Waals surface area contributed by atoms with Gasteiger partial charge in [-0.2, -0.15) is 0 Å². The highest BCUT2D eigenvalue weighted by molar-refractivity contribution is 6.11. The Hall–Kier alpha value is -5.70. The topological polar surface area (TPSA) is 208 Å². The molecule has 8 aromatic rings. The monoisotopic (exact) mass is 760 g/mol. The maximum atomic E-state index is 4.44. The highest BCUT2D eigenvalue weighted by Crippen LogP contribution is 2.33. The summed E-state index contributed by atoms with van der Waals surface area (Å²) in [5.41, 5.74) is 14.4. The molecule has 0 saturated heterocycles. The van der Waals surface area contributed by atoms with Crippen LogP contribution < -0.4 is 20.4 Å². The van der Waals surface area contributed by atoms with Gasteiger partial charge in [-0.3, -0.25) is 0 Å². The van der Waals surface area contributed by atoms with E-state index in [0.717, 1.165) is 78.0 Å². The second kappa shape index (κ2) is 18.2. The minimum atomic E-state index is 0. The molecule has 0 aliphatic rings. The van der Waals surface area contributed by atoms with Crippen LogP contribution in [0.15, 0.2) is 97.6 Å². The Labute approximate surface area is 319 Å². The van der Waals surface area contributed by atoms with Crippen LogP contribution in [-0.2, 0) is 0 Å². The van der Waals surface area contributed by atoms with Gasteiger partial charge in [-0.25, -0.2) is 19.9 Å². The van der Waals surface area contributed by atoms with E-state index in [2.05, 4.69) is 137 Å². The van der Waals surface area contributed by atoms with Gasteiger partial charge >= 0.3 is 0 Å². The molecule has 4 aromatic carbocycles. The van der Waals surface area contributed by atoms with Crippen molar-refractivity contribution in [3.05, 3.63) is 109 Å². The minimum Gasteiger partial charge on any atom is -0.412 e. The molecule has 0 bridgehead atoms. The molecule has 0 atom stereocenters. The Kier molecular flexibility index (Phi) is 14.9. The third kappa shape index (κ3) is 9.03. The molecule has 0 amide bonds. The molecule has 15 heteroatoms. The van der Waals surface area contributed by atoms with E-state index >= 15 is 0 Å². The lowest BCUT2D eigenvalue weighted by molar-refractivity contribution is 0.823. The van der Waals surface area contributed by atoms with Crippen molar-refractivity contribution in [1.29, 1.82) is 0 Å². The maximum Gasteiger partial charge on any atom is 0.116 e. The Morgan fingerprint density at radius 1 is 0.491 bits per heavy atom. The average molecular weight is 762 g/mol. The molecule has 10 N–H and O–H groups in total. The number of imidazole rings is 2. The molecule has 8 rings (SSSR count). The molecule has 4 heterocycles. The first kappa shape index (κ1) is 43.5. The number of fused-ring (bicyclic) bond motifs is 6. The zero-order valence-electron chi connectivity index (χ0n) is 30.2. The number of benzene rings is 4. The SMILES string of the molecule is Cc1cc(Nc2ccc(N(C)C)cc2)c2c(ccc3ncnc32)[nH]1.Cc1cc(Nc2ccc(N(C)C)cc2)c2c(ccc3ncnc32)[nH]1.Cl.Cl.O.O.O. The van der Waals surface area contributed by atoms with Gasteiger partial charge in [-0.1, -0.05) is 0 Å². The summed E-state index contributed by atoms with van der Waals surface area (Å²) >= 11 is 0. The summed E-state index contributed by atoms with van der Waals surface area (Å²) in [5.74, 6) is 0. The lowest BCUT2D eigenvalue weighted by Crippen LogP contribution is -2.08. The fourth-order valence-corrected chi connectivity index (χ4v) is 5.95. The van der Waals surface area contributed by atoms with Crippen LogP contribution in [0.4, 0.5) is 34.1 Å². The predicted octanol–water partition coefficient (Wildman–Crippen LogP) is 6.83. The third-order valence-electron chi connectivity index (χ3n) is 8.33. The summed E-state index contributed by atoms with van der Waals surface area (Å²) in [6.07, 6.45) is 3.22. The van der Waals surface area contributed by atoms with Crippen molar-refractivity contribution < 1.29 is 16.4 Å². The van der Waals surface area contributed by atoms with Gasteiger partial charge in [0.15, 0.2) is 0 Å². The van der Waals surface area contributed by atoms with Crippen LogP contribution in [0.25, 0.3) is 43.9 Å². The highest BCUT2D eigenvalue weighted by atomic mass is 35.5. The molecule has 0 unspecified atom stereocenters. The molecule has 13 nitrogen and oxygen atoms in total. The van der Waals surface area contributed by atoms with Gasteiger partial charge in [0.2, 0.25) is 0 Å². The zero-order valence-corrected chi connectivity index (χ0v) is 31.9. The molecular formula is C38H46Cl2N10O3. The number of hydrogen-bond acceptors (Lipinski definition) is 8. The maximum absolute atomic E-state index is 4.44. The van der Waals surface area contributed by atoms with E-state index in [1.54, 1.807) is 12.7 Å². The van der Waals surface area contributed by atoms with Gasteiger partial charge in [0, 0.05) is 84.1 Å². The van der Waals surface area contributed by atoms with Crippen molar-refractivity contribution in [2.45, 2.75) is 13.8 Å². The molecule has 53 heavy (non-hydrogen) atoms. The number of aryl methyl sites for hydroxylation is 2. The molecule has 0 radical (unpaired) electrons. The quantitative estimate of drug-likeness (QED) is 0.141. The smallest absolute Gasteiger partial charge is 0.116 e. The van der Waals surface area contributed by atoms with Crippen LogP contribution in [0.2, 0.25) is 0 Å². The van der Waals surface area contributed by atoms with Crippen molar-refractivity contribution in [3.8, 4) is 0 Å². The van der Waals surface area contributed by atoms with Crippen LogP contribution in [0, 0.1) is 13.8 Å². The molecule has 0 spiro atoms. The van der Waals surface area contributed by atoms with E-state index in [-0.39, 0.29) is 41.2 Å². The van der Waals surface area contributed by atoms with Gasteiger partial charge in [0.05, 0.1) is 22.4 Å². The predicted molar refractivity (Wildman–Crippen MR) is 226 cm³/mol. The normalized spacial score (nSPS) is 10.1. The second-order valence-electron chi connectivity index (χ2n) is 12.3. The number of nitrogens with one attached hydrogen (secondary N) is 4. The number of anilines is 6. The van der Waals surface area contributed by atoms with Crippen LogP contribution in [0.1, 0.15) is 11.4 Å². The first-order valence-electron chi connectivity index (χ1n) is 15.8. The molecule has 280 valence electrons. The molecule has 0 aliphatic carbocycles. The Bertz CT molecular complexity index is 2230. The molecule has 0 aliphatic heterocycles. The second-order valence-corrected chi connectivity index (χ2v) is 12.3. The summed E-state index contributed by atoms with van der Waals surface area (Å²) in [4.78, 5) is 28.5. The van der Waals surface area contributed by atoms with E-state index in [9.17, 15) is 0 Å². The Balaban J connectivity index is 0.000000335. The van der Waals surface area contributed by atoms with Crippen molar-refractivity contribution in [2.75, 3.05) is 48.6 Å². The van der Waals surface area contributed by atoms with Crippen molar-refractivity contribution in [3.63, 3.8) is 0 Å². The fraction of sp³-hybridized carbons (Fsp3) is 0.158. The lowest BCUT2D eigenvalue weighted by Gasteiger charge is -2.15. The molecule has 4 aromatic heterocycles. The standard InChI is InChI=1S/2C19H19N5.2ClH.3H2O/c2*1-12-10-17(23-13-4-6-14(7-5-13)24(2)3)18-15(22-12)8-9-16-19(18)21-11-20-16;;;;;/h2*4-11,22-23H,1-3H3;2*1H;3*1H2. The van der Waals surface area contributed by atoms with Gasteiger partial charge in [-0.05, 0) is 98.8 Å². The number of aromatic nitrogens is 6. The average Bonchev–Trinajstić information content (AvgIpc) is 3.75. The first-order valence-corrected chi connectivity index (χ1v) is 15.8. The van der Waals surface area contributed by atoms with E-state index in [1.807, 2.05) is 40.3 Å². The molecular weight excluding hydrogens is 715 g/mol. The Morgan fingerprint density at radius 2 is 0.849 bits per heavy atom. The van der Waals surface area contributed by atoms with Gasteiger partial charge in [0.1, 0.15) is 23.7 Å². The largest absolute Gasteiger partial charge is 0.412 e. The highest BCUT2D eigenvalue weighted by Gasteiger charge is 2.12. The van der Waals surface area contributed by atoms with E-state index in [1.165, 1.54) is 11.4 Å². The number of aromatic amines is 2. The summed E-state index contributed by atoms with van der Waals surface area (Å²) in [5, 5.41) is 9.18. The summed E-state index contributed by atoms with van der Waals surface area (Å²) in [7, 11) is 8.16. The lowest BCUT2D eigenvalue weighted by atomic mass is 10.1. The number of hydrogen-bond donors (Lipinski definition) is 4. The minimum absolute atomic E-state index is 0. The van der Waals surface area contributed by atoms with Crippen LogP contribution >= 0.6 is 24.8 Å². The number of halogens is 2. The summed E-state index contributed by atoms with van der Waals surface area (Å²) < 4.78 is 0. The van der Waals surface area contributed by atoms with Gasteiger partial charge < -0.3 is 46.8 Å². The summed E-state index contributed by atoms with van der Waals surface area (Å²) in [6.45, 7) is 4.11. The van der Waals surface area contributed by atoms with Crippen LogP contribution in [0.3, 0.4) is 0 Å². The van der Waals surface area contributed by atoms with Crippen molar-refractivity contribution in [1.82, 2.24) is 29.9 Å². The van der Waals surface area contributed by atoms with E-state index < -0.39 is 0 Å². The van der Waals surface area contributed by atoms with Gasteiger partial charge in [-0.15, -0.1) is 24.8 Å². The number of H-pyrrole nitrogens is 2. The van der Waals surface area contributed by atoms with E-state index in [4.69, 9.17) is 0 Å². The van der Waals surface area contributed by atoms with Crippen LogP contribution in [0.5, 0.6) is 0 Å². The fourth-order valence-electron chi connectivity index (χ4n) is 5.95. The first-order chi connectivity index (χ1) is 23.2. The van der Waals surface area contributed by atoms with E-state index in [0.29, 0.717) is 0 Å². The zero-order chi connectivity index (χ0) is 33.4. The van der Waals surface area contributed by atoms with Crippen LogP contribution in [-0.4, -0.2) is 74.5 Å². The number of pyridine rings is 2. The number of nitrogens with zero attached hydrogens (tertiary/aromatic N) is 6. The molecule has 0 fully saturated rings. The number of rotatable bonds is 6.